The molecule has 0 atom stereocenters. The summed E-state index contributed by atoms with van der Waals surface area (Å²) in [5.41, 5.74) is 2.92. The maximum absolute atomic E-state index is 5.94. The van der Waals surface area contributed by atoms with Gasteiger partial charge in [0.25, 0.3) is 0 Å². The highest BCUT2D eigenvalue weighted by Gasteiger charge is 2.10. The van der Waals surface area contributed by atoms with Crippen molar-refractivity contribution in [1.82, 2.24) is 20.2 Å². The normalized spacial score (nSPS) is 10.8. The molecular formula is C19H14ClN5. The Kier molecular flexibility index (Phi) is 4.23. The molecule has 0 spiro atoms. The third-order valence-electron chi connectivity index (χ3n) is 3.89. The highest BCUT2D eigenvalue weighted by atomic mass is 35.5. The minimum Gasteiger partial charge on any atom is -0.338 e. The summed E-state index contributed by atoms with van der Waals surface area (Å²) in [6.45, 7) is 0. The fourth-order valence-electron chi connectivity index (χ4n) is 2.64. The molecule has 0 bridgehead atoms. The van der Waals surface area contributed by atoms with Gasteiger partial charge in [-0.1, -0.05) is 11.6 Å². The van der Waals surface area contributed by atoms with E-state index in [2.05, 4.69) is 25.5 Å². The van der Waals surface area contributed by atoms with Gasteiger partial charge in [0.05, 0.1) is 5.69 Å². The molecule has 3 aromatic heterocycles. The molecule has 1 aromatic carbocycles. The Morgan fingerprint density at radius 3 is 2.36 bits per heavy atom. The minimum absolute atomic E-state index is 0.680. The largest absolute Gasteiger partial charge is 0.338 e. The zero-order valence-corrected chi connectivity index (χ0v) is 14.0. The van der Waals surface area contributed by atoms with E-state index in [1.807, 2.05) is 48.7 Å². The van der Waals surface area contributed by atoms with Gasteiger partial charge in [-0.3, -0.25) is 9.97 Å². The van der Waals surface area contributed by atoms with Gasteiger partial charge < -0.3 is 5.32 Å². The Balaban J connectivity index is 1.72. The molecule has 4 aromatic rings. The fourth-order valence-corrected chi connectivity index (χ4v) is 2.76. The van der Waals surface area contributed by atoms with E-state index in [1.54, 1.807) is 18.6 Å². The number of rotatable bonds is 4. The lowest BCUT2D eigenvalue weighted by atomic mass is 10.1. The van der Waals surface area contributed by atoms with E-state index < -0.39 is 0 Å². The van der Waals surface area contributed by atoms with E-state index in [4.69, 9.17) is 11.6 Å². The number of aromatic nitrogens is 4. The number of anilines is 2. The number of hydrogen-bond donors (Lipinski definition) is 1. The summed E-state index contributed by atoms with van der Waals surface area (Å²) in [5.74, 6) is 0.693. The molecule has 0 amide bonds. The van der Waals surface area contributed by atoms with E-state index in [-0.39, 0.29) is 0 Å². The minimum atomic E-state index is 0.680. The van der Waals surface area contributed by atoms with E-state index >= 15 is 0 Å². The Labute approximate surface area is 149 Å². The molecule has 0 radical (unpaired) electrons. The zero-order valence-electron chi connectivity index (χ0n) is 13.2. The molecule has 0 aliphatic rings. The molecule has 0 aliphatic heterocycles. The van der Waals surface area contributed by atoms with Crippen molar-refractivity contribution < 1.29 is 0 Å². The van der Waals surface area contributed by atoms with Crippen LogP contribution < -0.4 is 5.32 Å². The van der Waals surface area contributed by atoms with Crippen molar-refractivity contribution in [1.29, 1.82) is 0 Å². The first-order chi connectivity index (χ1) is 12.3. The Morgan fingerprint density at radius 1 is 0.800 bits per heavy atom. The number of halogens is 1. The number of pyridine rings is 2. The lowest BCUT2D eigenvalue weighted by Crippen LogP contribution is -2.02. The third-order valence-corrected chi connectivity index (χ3v) is 4.14. The SMILES string of the molecule is Clc1ccc(Nc2nnc(Cc3ccncc3)c3cnccc23)cc1. The first kappa shape index (κ1) is 15.5. The summed E-state index contributed by atoms with van der Waals surface area (Å²) in [4.78, 5) is 8.30. The van der Waals surface area contributed by atoms with Crippen molar-refractivity contribution in [3.63, 3.8) is 0 Å². The van der Waals surface area contributed by atoms with E-state index in [0.717, 1.165) is 27.7 Å². The number of nitrogens with one attached hydrogen (secondary N) is 1. The predicted molar refractivity (Wildman–Crippen MR) is 99.1 cm³/mol. The van der Waals surface area contributed by atoms with Gasteiger partial charge in [0.2, 0.25) is 0 Å². The summed E-state index contributed by atoms with van der Waals surface area (Å²) >= 11 is 5.94. The van der Waals surface area contributed by atoms with Crippen LogP contribution in [0.4, 0.5) is 11.5 Å². The van der Waals surface area contributed by atoms with Crippen LogP contribution in [0.5, 0.6) is 0 Å². The molecule has 3 heterocycles. The predicted octanol–water partition coefficient (Wildman–Crippen LogP) is 4.41. The van der Waals surface area contributed by atoms with Gasteiger partial charge in [-0.15, -0.1) is 5.10 Å². The first-order valence-electron chi connectivity index (χ1n) is 7.80. The smallest absolute Gasteiger partial charge is 0.161 e. The van der Waals surface area contributed by atoms with Crippen LogP contribution in [-0.4, -0.2) is 20.2 Å². The van der Waals surface area contributed by atoms with Crippen molar-refractivity contribution in [2.75, 3.05) is 5.32 Å². The lowest BCUT2D eigenvalue weighted by Gasteiger charge is -2.11. The summed E-state index contributed by atoms with van der Waals surface area (Å²) < 4.78 is 0. The van der Waals surface area contributed by atoms with Crippen LogP contribution in [0.3, 0.4) is 0 Å². The molecule has 1 N–H and O–H groups in total. The monoisotopic (exact) mass is 347 g/mol. The molecule has 4 rings (SSSR count). The van der Waals surface area contributed by atoms with E-state index in [9.17, 15) is 0 Å². The molecule has 5 nitrogen and oxygen atoms in total. The Hall–Kier alpha value is -3.05. The summed E-state index contributed by atoms with van der Waals surface area (Å²) in [6, 6.07) is 13.4. The lowest BCUT2D eigenvalue weighted by molar-refractivity contribution is 0.959. The fraction of sp³-hybridized carbons (Fsp3) is 0.0526. The third kappa shape index (κ3) is 3.41. The van der Waals surface area contributed by atoms with Gasteiger partial charge in [-0.05, 0) is 48.0 Å². The van der Waals surface area contributed by atoms with Crippen LogP contribution in [-0.2, 0) is 6.42 Å². The molecule has 0 fully saturated rings. The molecule has 122 valence electrons. The average molecular weight is 348 g/mol. The van der Waals surface area contributed by atoms with Gasteiger partial charge in [-0.25, -0.2) is 0 Å². The maximum Gasteiger partial charge on any atom is 0.161 e. The second kappa shape index (κ2) is 6.83. The van der Waals surface area contributed by atoms with Crippen molar-refractivity contribution in [3.8, 4) is 0 Å². The van der Waals surface area contributed by atoms with Crippen molar-refractivity contribution in [2.24, 2.45) is 0 Å². The first-order valence-corrected chi connectivity index (χ1v) is 8.18. The molecule has 0 saturated carbocycles. The molecule has 25 heavy (non-hydrogen) atoms. The zero-order chi connectivity index (χ0) is 17.1. The van der Waals surface area contributed by atoms with Crippen LogP contribution in [0, 0.1) is 0 Å². The van der Waals surface area contributed by atoms with Gasteiger partial charge in [-0.2, -0.15) is 5.10 Å². The molecule has 0 unspecified atom stereocenters. The Morgan fingerprint density at radius 2 is 1.56 bits per heavy atom. The van der Waals surface area contributed by atoms with Crippen LogP contribution in [0.15, 0.2) is 67.3 Å². The van der Waals surface area contributed by atoms with E-state index in [0.29, 0.717) is 17.3 Å². The number of nitrogens with zero attached hydrogens (tertiary/aromatic N) is 4. The standard InChI is InChI=1S/C19H14ClN5/c20-14-1-3-15(4-2-14)23-19-16-7-10-22-12-17(16)18(24-25-19)11-13-5-8-21-9-6-13/h1-10,12H,11H2,(H,23,25). The molecule has 0 aliphatic carbocycles. The van der Waals surface area contributed by atoms with Gasteiger partial charge >= 0.3 is 0 Å². The topological polar surface area (TPSA) is 63.6 Å². The van der Waals surface area contributed by atoms with Gasteiger partial charge in [0, 0.05) is 52.7 Å². The van der Waals surface area contributed by atoms with Gasteiger partial charge in [0.15, 0.2) is 5.82 Å². The van der Waals surface area contributed by atoms with Crippen molar-refractivity contribution in [2.45, 2.75) is 6.42 Å². The van der Waals surface area contributed by atoms with Crippen LogP contribution in [0.2, 0.25) is 5.02 Å². The highest BCUT2D eigenvalue weighted by Crippen LogP contribution is 2.26. The van der Waals surface area contributed by atoms with Crippen molar-refractivity contribution in [3.05, 3.63) is 83.5 Å². The Bertz CT molecular complexity index is 1000. The van der Waals surface area contributed by atoms with Crippen LogP contribution >= 0.6 is 11.6 Å². The number of benzene rings is 1. The summed E-state index contributed by atoms with van der Waals surface area (Å²) in [5, 5.41) is 14.7. The summed E-state index contributed by atoms with van der Waals surface area (Å²) in [7, 11) is 0. The summed E-state index contributed by atoms with van der Waals surface area (Å²) in [6.07, 6.45) is 7.82. The number of fused-ring (bicyclic) bond motifs is 1. The van der Waals surface area contributed by atoms with Crippen molar-refractivity contribution >= 4 is 33.9 Å². The van der Waals surface area contributed by atoms with Gasteiger partial charge in [0.1, 0.15) is 0 Å². The van der Waals surface area contributed by atoms with Crippen LogP contribution in [0.1, 0.15) is 11.3 Å². The molecular weight excluding hydrogens is 334 g/mol. The maximum atomic E-state index is 5.94. The quantitative estimate of drug-likeness (QED) is 0.592. The average Bonchev–Trinajstić information content (AvgIpc) is 2.66. The molecule has 0 saturated heterocycles. The highest BCUT2D eigenvalue weighted by molar-refractivity contribution is 6.30. The van der Waals surface area contributed by atoms with E-state index in [1.165, 1.54) is 0 Å². The second-order valence-electron chi connectivity index (χ2n) is 5.58. The second-order valence-corrected chi connectivity index (χ2v) is 6.02. The number of hydrogen-bond acceptors (Lipinski definition) is 5. The molecule has 6 heteroatoms. The van der Waals surface area contributed by atoms with Crippen LogP contribution in [0.25, 0.3) is 10.8 Å².